The normalized spacial score (nSPS) is 11.1. The molecule has 0 aliphatic carbocycles. The van der Waals surface area contributed by atoms with Gasteiger partial charge in [0.05, 0.1) is 5.69 Å². The van der Waals surface area contributed by atoms with Crippen molar-refractivity contribution < 1.29 is 5.11 Å². The molecule has 1 N–H and O–H groups in total. The lowest BCUT2D eigenvalue weighted by atomic mass is 10.2. The summed E-state index contributed by atoms with van der Waals surface area (Å²) in [5.41, 5.74) is 2.53. The first-order valence-corrected chi connectivity index (χ1v) is 7.52. The molecule has 3 rings (SSSR count). The molecule has 1 heterocycles. The van der Waals surface area contributed by atoms with Crippen molar-refractivity contribution in [2.45, 2.75) is 0 Å². The second-order valence-electron chi connectivity index (χ2n) is 4.34. The molecule has 0 unspecified atom stereocenters. The van der Waals surface area contributed by atoms with E-state index in [1.165, 1.54) is 11.3 Å². The first-order valence-electron chi connectivity index (χ1n) is 6.26. The van der Waals surface area contributed by atoms with Crippen molar-refractivity contribution in [2.24, 2.45) is 4.99 Å². The van der Waals surface area contributed by atoms with Crippen LogP contribution in [0.15, 0.2) is 58.9 Å². The maximum absolute atomic E-state index is 9.68. The molecule has 5 heteroatoms. The van der Waals surface area contributed by atoms with Gasteiger partial charge in [0.1, 0.15) is 5.75 Å². The van der Waals surface area contributed by atoms with E-state index in [0.29, 0.717) is 15.7 Å². The Morgan fingerprint density at radius 1 is 1.10 bits per heavy atom. The van der Waals surface area contributed by atoms with Gasteiger partial charge in [-0.1, -0.05) is 35.9 Å². The number of phenols is 1. The first kappa shape index (κ1) is 13.8. The third-order valence-electron chi connectivity index (χ3n) is 2.88. The number of para-hydroxylation sites is 1. The smallest absolute Gasteiger partial charge is 0.209 e. The van der Waals surface area contributed by atoms with Gasteiger partial charge in [0.2, 0.25) is 5.13 Å². The minimum Gasteiger partial charge on any atom is -0.507 e. The zero-order valence-electron chi connectivity index (χ0n) is 10.9. The summed E-state index contributed by atoms with van der Waals surface area (Å²) < 4.78 is 0. The zero-order valence-corrected chi connectivity index (χ0v) is 12.5. The molecule has 0 spiro atoms. The summed E-state index contributed by atoms with van der Waals surface area (Å²) in [5.74, 6) is 0.204. The van der Waals surface area contributed by atoms with Crippen LogP contribution in [0.2, 0.25) is 5.02 Å². The topological polar surface area (TPSA) is 45.5 Å². The Hall–Kier alpha value is -2.17. The van der Waals surface area contributed by atoms with E-state index in [4.69, 9.17) is 11.6 Å². The number of halogens is 1. The molecule has 0 saturated carbocycles. The third kappa shape index (κ3) is 3.29. The highest BCUT2D eigenvalue weighted by atomic mass is 35.5. The van der Waals surface area contributed by atoms with Crippen LogP contribution in [0.25, 0.3) is 11.3 Å². The molecule has 0 bridgehead atoms. The van der Waals surface area contributed by atoms with Crippen molar-refractivity contribution in [3.05, 3.63) is 64.5 Å². The van der Waals surface area contributed by atoms with Crippen molar-refractivity contribution in [3.8, 4) is 17.0 Å². The van der Waals surface area contributed by atoms with E-state index in [2.05, 4.69) is 9.98 Å². The van der Waals surface area contributed by atoms with Crippen molar-refractivity contribution in [1.82, 2.24) is 4.98 Å². The van der Waals surface area contributed by atoms with Crippen molar-refractivity contribution in [3.63, 3.8) is 0 Å². The molecule has 0 fully saturated rings. The van der Waals surface area contributed by atoms with Crippen LogP contribution in [0.4, 0.5) is 5.13 Å². The van der Waals surface area contributed by atoms with Crippen molar-refractivity contribution >= 4 is 34.3 Å². The first-order chi connectivity index (χ1) is 10.2. The predicted octanol–water partition coefficient (Wildman–Crippen LogP) is 4.92. The van der Waals surface area contributed by atoms with Crippen LogP contribution < -0.4 is 0 Å². The highest BCUT2D eigenvalue weighted by Gasteiger charge is 2.03. The molecule has 104 valence electrons. The molecule has 0 atom stereocenters. The number of benzene rings is 2. The lowest BCUT2D eigenvalue weighted by Gasteiger charge is -1.96. The van der Waals surface area contributed by atoms with E-state index < -0.39 is 0 Å². The van der Waals surface area contributed by atoms with E-state index in [0.717, 1.165) is 11.3 Å². The maximum atomic E-state index is 9.68. The standard InChI is InChI=1S/C16H11ClN2OS/c17-13-7-5-11(6-8-13)14-10-21-16(19-14)18-9-12-3-1-2-4-15(12)20/h1-10,20H/b18-9+. The quantitative estimate of drug-likeness (QED) is 0.697. The van der Waals surface area contributed by atoms with Crippen LogP contribution in [0.3, 0.4) is 0 Å². The van der Waals surface area contributed by atoms with Crippen LogP contribution >= 0.6 is 22.9 Å². The summed E-state index contributed by atoms with van der Waals surface area (Å²) in [6, 6.07) is 14.6. The average Bonchev–Trinajstić information content (AvgIpc) is 2.96. The predicted molar refractivity (Wildman–Crippen MR) is 87.9 cm³/mol. The fourth-order valence-corrected chi connectivity index (χ4v) is 2.59. The van der Waals surface area contributed by atoms with E-state index in [-0.39, 0.29) is 5.75 Å². The Kier molecular flexibility index (Phi) is 3.99. The minimum atomic E-state index is 0.204. The molecule has 0 aliphatic rings. The molecule has 3 aromatic rings. The summed E-state index contributed by atoms with van der Waals surface area (Å²) in [6.45, 7) is 0. The van der Waals surface area contributed by atoms with Crippen LogP contribution in [0, 0.1) is 0 Å². The number of hydrogen-bond acceptors (Lipinski definition) is 4. The largest absolute Gasteiger partial charge is 0.507 e. The van der Waals surface area contributed by atoms with Gasteiger partial charge in [-0.3, -0.25) is 0 Å². The summed E-state index contributed by atoms with van der Waals surface area (Å²) in [6.07, 6.45) is 1.61. The number of aliphatic imine (C=N–C) groups is 1. The highest BCUT2D eigenvalue weighted by Crippen LogP contribution is 2.27. The molecule has 0 aliphatic heterocycles. The van der Waals surface area contributed by atoms with Crippen molar-refractivity contribution in [2.75, 3.05) is 0 Å². The summed E-state index contributed by atoms with van der Waals surface area (Å²) in [4.78, 5) is 8.75. The van der Waals surface area contributed by atoms with E-state index >= 15 is 0 Å². The lowest BCUT2D eigenvalue weighted by Crippen LogP contribution is -1.80. The van der Waals surface area contributed by atoms with Crippen LogP contribution in [0.5, 0.6) is 5.75 Å². The molecule has 2 aromatic carbocycles. The van der Waals surface area contributed by atoms with E-state index in [1.54, 1.807) is 24.4 Å². The number of aromatic hydroxyl groups is 1. The number of hydrogen-bond donors (Lipinski definition) is 1. The second-order valence-corrected chi connectivity index (χ2v) is 5.61. The molecule has 3 nitrogen and oxygen atoms in total. The van der Waals surface area contributed by atoms with Gasteiger partial charge in [0.25, 0.3) is 0 Å². The Balaban J connectivity index is 1.82. The molecule has 21 heavy (non-hydrogen) atoms. The van der Waals surface area contributed by atoms with E-state index in [1.807, 2.05) is 35.7 Å². The minimum absolute atomic E-state index is 0.204. The molecule has 0 radical (unpaired) electrons. The van der Waals surface area contributed by atoms with Crippen LogP contribution in [-0.4, -0.2) is 16.3 Å². The van der Waals surface area contributed by atoms with Gasteiger partial charge in [0, 0.05) is 27.7 Å². The van der Waals surface area contributed by atoms with Gasteiger partial charge in [-0.25, -0.2) is 9.98 Å². The molecular weight excluding hydrogens is 304 g/mol. The number of phenolic OH excluding ortho intramolecular Hbond substituents is 1. The number of rotatable bonds is 3. The Morgan fingerprint density at radius 3 is 2.62 bits per heavy atom. The van der Waals surface area contributed by atoms with Crippen LogP contribution in [0.1, 0.15) is 5.56 Å². The average molecular weight is 315 g/mol. The number of nitrogens with zero attached hydrogens (tertiary/aromatic N) is 2. The van der Waals surface area contributed by atoms with Gasteiger partial charge in [0.15, 0.2) is 0 Å². The van der Waals surface area contributed by atoms with E-state index in [9.17, 15) is 5.11 Å². The third-order valence-corrected chi connectivity index (χ3v) is 3.88. The molecule has 1 aromatic heterocycles. The summed E-state index contributed by atoms with van der Waals surface area (Å²) in [7, 11) is 0. The Labute approximate surface area is 131 Å². The van der Waals surface area contributed by atoms with Crippen LogP contribution in [-0.2, 0) is 0 Å². The Bertz CT molecular complexity index is 781. The Morgan fingerprint density at radius 2 is 1.86 bits per heavy atom. The van der Waals surface area contributed by atoms with Gasteiger partial charge in [-0.05, 0) is 24.3 Å². The summed E-state index contributed by atoms with van der Waals surface area (Å²) in [5, 5.41) is 13.0. The molecule has 0 saturated heterocycles. The van der Waals surface area contributed by atoms with Gasteiger partial charge >= 0.3 is 0 Å². The molecule has 0 amide bonds. The fraction of sp³-hybridized carbons (Fsp3) is 0. The lowest BCUT2D eigenvalue weighted by molar-refractivity contribution is 0.474. The number of aromatic nitrogens is 1. The number of thiazole rings is 1. The van der Waals surface area contributed by atoms with Crippen molar-refractivity contribution in [1.29, 1.82) is 0 Å². The maximum Gasteiger partial charge on any atom is 0.209 e. The monoisotopic (exact) mass is 314 g/mol. The zero-order chi connectivity index (χ0) is 14.7. The molecular formula is C16H11ClN2OS. The SMILES string of the molecule is Oc1ccccc1/C=N/c1nc(-c2ccc(Cl)cc2)cs1. The van der Waals surface area contributed by atoms with Gasteiger partial charge < -0.3 is 5.11 Å². The second kappa shape index (κ2) is 6.08. The fourth-order valence-electron chi connectivity index (χ4n) is 1.80. The highest BCUT2D eigenvalue weighted by molar-refractivity contribution is 7.13. The van der Waals surface area contributed by atoms with Gasteiger partial charge in [-0.2, -0.15) is 0 Å². The summed E-state index contributed by atoms with van der Waals surface area (Å²) >= 11 is 7.32. The van der Waals surface area contributed by atoms with Gasteiger partial charge in [-0.15, -0.1) is 11.3 Å².